The standard InChI is InChI=1S/C24H26F3N3O3/c1-33-21-8-3-2-5-17(21)15-30-16-18(13-22(30)31)23(32)29-11-9-28(10-12-29)20-7-4-6-19(14-20)24(25,26)27/h2-8,14,18H,9-13,15-16H2,1H3/t18-/m0/s1. The molecule has 0 unspecified atom stereocenters. The molecule has 33 heavy (non-hydrogen) atoms. The van der Waals surface area contributed by atoms with Crippen molar-refractivity contribution >= 4 is 17.5 Å². The highest BCUT2D eigenvalue weighted by Crippen LogP contribution is 2.32. The first-order chi connectivity index (χ1) is 15.8. The van der Waals surface area contributed by atoms with Crippen LogP contribution in [0.3, 0.4) is 0 Å². The van der Waals surface area contributed by atoms with Crippen LogP contribution in [0.25, 0.3) is 0 Å². The van der Waals surface area contributed by atoms with Crippen molar-refractivity contribution in [1.82, 2.24) is 9.80 Å². The summed E-state index contributed by atoms with van der Waals surface area (Å²) in [6, 6.07) is 12.7. The van der Waals surface area contributed by atoms with E-state index in [1.165, 1.54) is 6.07 Å². The molecular weight excluding hydrogens is 435 g/mol. The number of hydrogen-bond donors (Lipinski definition) is 0. The highest BCUT2D eigenvalue weighted by atomic mass is 19.4. The van der Waals surface area contributed by atoms with Crippen LogP contribution in [0, 0.1) is 5.92 Å². The quantitative estimate of drug-likeness (QED) is 0.685. The van der Waals surface area contributed by atoms with Crippen LogP contribution in [-0.2, 0) is 22.3 Å². The normalized spacial score (nSPS) is 19.2. The number of halogens is 3. The Hall–Kier alpha value is -3.23. The van der Waals surface area contributed by atoms with E-state index < -0.39 is 17.7 Å². The van der Waals surface area contributed by atoms with Crippen LogP contribution in [0.2, 0.25) is 0 Å². The first-order valence-corrected chi connectivity index (χ1v) is 10.9. The van der Waals surface area contributed by atoms with Gasteiger partial charge in [0.1, 0.15) is 5.75 Å². The van der Waals surface area contributed by atoms with Gasteiger partial charge in [-0.1, -0.05) is 24.3 Å². The summed E-state index contributed by atoms with van der Waals surface area (Å²) < 4.78 is 44.4. The van der Waals surface area contributed by atoms with Crippen LogP contribution in [0.4, 0.5) is 18.9 Å². The van der Waals surface area contributed by atoms with Gasteiger partial charge in [0, 0.05) is 56.9 Å². The zero-order valence-corrected chi connectivity index (χ0v) is 18.3. The monoisotopic (exact) mass is 461 g/mol. The number of para-hydroxylation sites is 1. The third-order valence-electron chi connectivity index (χ3n) is 6.25. The molecule has 4 rings (SSSR count). The maximum Gasteiger partial charge on any atom is 0.416 e. The summed E-state index contributed by atoms with van der Waals surface area (Å²) in [6.07, 6.45) is -4.22. The number of nitrogens with zero attached hydrogens (tertiary/aromatic N) is 3. The minimum Gasteiger partial charge on any atom is -0.496 e. The third-order valence-corrected chi connectivity index (χ3v) is 6.25. The van der Waals surface area contributed by atoms with Gasteiger partial charge in [0.15, 0.2) is 0 Å². The summed E-state index contributed by atoms with van der Waals surface area (Å²) in [5, 5.41) is 0. The zero-order chi connectivity index (χ0) is 23.6. The molecule has 0 radical (unpaired) electrons. The molecule has 0 spiro atoms. The van der Waals surface area contributed by atoms with E-state index in [2.05, 4.69) is 0 Å². The maximum absolute atomic E-state index is 13.1. The number of carbonyl (C=O) groups is 2. The average Bonchev–Trinajstić information content (AvgIpc) is 3.18. The van der Waals surface area contributed by atoms with Gasteiger partial charge in [-0.25, -0.2) is 0 Å². The van der Waals surface area contributed by atoms with E-state index in [0.717, 1.165) is 17.7 Å². The largest absolute Gasteiger partial charge is 0.496 e. The lowest BCUT2D eigenvalue weighted by Gasteiger charge is -2.37. The lowest BCUT2D eigenvalue weighted by Crippen LogP contribution is -2.50. The van der Waals surface area contributed by atoms with Crippen LogP contribution in [0.15, 0.2) is 48.5 Å². The van der Waals surface area contributed by atoms with Crippen LogP contribution in [0.5, 0.6) is 5.75 Å². The second-order valence-corrected chi connectivity index (χ2v) is 8.35. The first kappa shape index (κ1) is 22.9. The Morgan fingerprint density at radius 1 is 1.06 bits per heavy atom. The number of ether oxygens (including phenoxy) is 1. The third kappa shape index (κ3) is 5.07. The Labute approximate surface area is 190 Å². The fourth-order valence-corrected chi connectivity index (χ4v) is 4.45. The summed E-state index contributed by atoms with van der Waals surface area (Å²) in [5.41, 5.74) is 0.699. The van der Waals surface area contributed by atoms with Gasteiger partial charge < -0.3 is 19.4 Å². The molecule has 9 heteroatoms. The molecule has 2 aliphatic rings. The van der Waals surface area contributed by atoms with E-state index in [9.17, 15) is 22.8 Å². The highest BCUT2D eigenvalue weighted by molar-refractivity contribution is 5.89. The Kier molecular flexibility index (Phi) is 6.49. The van der Waals surface area contributed by atoms with Crippen molar-refractivity contribution in [2.24, 2.45) is 5.92 Å². The van der Waals surface area contributed by atoms with Gasteiger partial charge >= 0.3 is 6.18 Å². The van der Waals surface area contributed by atoms with E-state index in [4.69, 9.17) is 4.74 Å². The molecule has 2 aromatic rings. The van der Waals surface area contributed by atoms with E-state index in [0.29, 0.717) is 50.7 Å². The smallest absolute Gasteiger partial charge is 0.416 e. The second-order valence-electron chi connectivity index (χ2n) is 8.35. The van der Waals surface area contributed by atoms with E-state index in [1.54, 1.807) is 23.0 Å². The number of piperazine rings is 1. The molecule has 2 aliphatic heterocycles. The molecule has 2 heterocycles. The molecule has 2 saturated heterocycles. The van der Waals surface area contributed by atoms with E-state index in [-0.39, 0.29) is 18.2 Å². The van der Waals surface area contributed by atoms with Crippen molar-refractivity contribution in [2.75, 3.05) is 44.7 Å². The number of amides is 2. The number of benzene rings is 2. The first-order valence-electron chi connectivity index (χ1n) is 10.9. The molecule has 6 nitrogen and oxygen atoms in total. The average molecular weight is 461 g/mol. The Morgan fingerprint density at radius 2 is 1.79 bits per heavy atom. The SMILES string of the molecule is COc1ccccc1CN1C[C@@H](C(=O)N2CCN(c3cccc(C(F)(F)F)c3)CC2)CC1=O. The number of hydrogen-bond acceptors (Lipinski definition) is 4. The molecule has 1 atom stereocenters. The van der Waals surface area contributed by atoms with Gasteiger partial charge in [-0.3, -0.25) is 9.59 Å². The number of anilines is 1. The predicted molar refractivity (Wildman–Crippen MR) is 117 cm³/mol. The maximum atomic E-state index is 13.1. The molecule has 176 valence electrons. The van der Waals surface area contributed by atoms with Gasteiger partial charge in [0.2, 0.25) is 11.8 Å². The second kappa shape index (κ2) is 9.33. The summed E-state index contributed by atoms with van der Waals surface area (Å²) in [6.45, 7) is 2.44. The summed E-state index contributed by atoms with van der Waals surface area (Å²) in [7, 11) is 1.58. The molecule has 0 aliphatic carbocycles. The number of carbonyl (C=O) groups excluding carboxylic acids is 2. The number of methoxy groups -OCH3 is 1. The fraction of sp³-hybridized carbons (Fsp3) is 0.417. The van der Waals surface area contributed by atoms with E-state index in [1.807, 2.05) is 29.2 Å². The van der Waals surface area contributed by atoms with Crippen molar-refractivity contribution in [3.8, 4) is 5.75 Å². The minimum absolute atomic E-state index is 0.0677. The Bertz CT molecular complexity index is 1020. The molecule has 0 bridgehead atoms. The number of likely N-dealkylation sites (tertiary alicyclic amines) is 1. The number of alkyl halides is 3. The topological polar surface area (TPSA) is 53.1 Å². The van der Waals surface area contributed by atoms with Crippen molar-refractivity contribution in [3.05, 3.63) is 59.7 Å². The summed E-state index contributed by atoms with van der Waals surface area (Å²) in [4.78, 5) is 30.8. The van der Waals surface area contributed by atoms with Gasteiger partial charge in [0.25, 0.3) is 0 Å². The van der Waals surface area contributed by atoms with Crippen LogP contribution in [0.1, 0.15) is 17.5 Å². The lowest BCUT2D eigenvalue weighted by atomic mass is 10.1. The Balaban J connectivity index is 1.34. The predicted octanol–water partition coefficient (Wildman–Crippen LogP) is 3.41. The van der Waals surface area contributed by atoms with Crippen molar-refractivity contribution < 1.29 is 27.5 Å². The van der Waals surface area contributed by atoms with Gasteiger partial charge in [0.05, 0.1) is 18.6 Å². The van der Waals surface area contributed by atoms with Crippen LogP contribution in [-0.4, -0.2) is 61.4 Å². The molecule has 0 aromatic heterocycles. The van der Waals surface area contributed by atoms with Crippen molar-refractivity contribution in [3.63, 3.8) is 0 Å². The molecule has 2 fully saturated rings. The summed E-state index contributed by atoms with van der Waals surface area (Å²) in [5.74, 6) is 0.148. The lowest BCUT2D eigenvalue weighted by molar-refractivity contribution is -0.137. The molecule has 0 saturated carbocycles. The molecule has 0 N–H and O–H groups in total. The van der Waals surface area contributed by atoms with Crippen molar-refractivity contribution in [1.29, 1.82) is 0 Å². The van der Waals surface area contributed by atoms with E-state index >= 15 is 0 Å². The van der Waals surface area contributed by atoms with Gasteiger partial charge in [-0.15, -0.1) is 0 Å². The van der Waals surface area contributed by atoms with Crippen LogP contribution < -0.4 is 9.64 Å². The molecule has 2 amide bonds. The van der Waals surface area contributed by atoms with Gasteiger partial charge in [-0.2, -0.15) is 13.2 Å². The highest BCUT2D eigenvalue weighted by Gasteiger charge is 2.37. The molecular formula is C24H26F3N3O3. The summed E-state index contributed by atoms with van der Waals surface area (Å²) >= 11 is 0. The van der Waals surface area contributed by atoms with Crippen LogP contribution >= 0.6 is 0 Å². The van der Waals surface area contributed by atoms with Crippen molar-refractivity contribution in [2.45, 2.75) is 19.1 Å². The molecule has 2 aromatic carbocycles. The van der Waals surface area contributed by atoms with Gasteiger partial charge in [-0.05, 0) is 24.3 Å². The minimum atomic E-state index is -4.39. The fourth-order valence-electron chi connectivity index (χ4n) is 4.45. The number of rotatable bonds is 5. The Morgan fingerprint density at radius 3 is 2.48 bits per heavy atom. The zero-order valence-electron chi connectivity index (χ0n) is 18.3.